The second kappa shape index (κ2) is 4.06. The van der Waals surface area contributed by atoms with E-state index in [1.807, 2.05) is 53.8 Å². The molecule has 0 saturated heterocycles. The Labute approximate surface area is 118 Å². The van der Waals surface area contributed by atoms with Gasteiger partial charge in [0, 0.05) is 15.8 Å². The van der Waals surface area contributed by atoms with E-state index in [-0.39, 0.29) is 11.6 Å². The van der Waals surface area contributed by atoms with Gasteiger partial charge in [0.05, 0.1) is 16.8 Å². The van der Waals surface area contributed by atoms with Gasteiger partial charge in [0.1, 0.15) is 5.60 Å². The third-order valence-electron chi connectivity index (χ3n) is 3.07. The molecule has 2 rings (SSSR count). The number of carbonyl (C=O) groups is 1. The van der Waals surface area contributed by atoms with Gasteiger partial charge in [-0.15, -0.1) is 11.3 Å². The summed E-state index contributed by atoms with van der Waals surface area (Å²) in [6.07, 6.45) is 0. The molecule has 19 heavy (non-hydrogen) atoms. The average Bonchev–Trinajstić information content (AvgIpc) is 2.63. The number of hydrogen-bond donors (Lipinski definition) is 0. The lowest BCUT2D eigenvalue weighted by Gasteiger charge is -2.26. The second-order valence-electron chi connectivity index (χ2n) is 6.98. The van der Waals surface area contributed by atoms with E-state index in [4.69, 9.17) is 9.47 Å². The molecule has 2 heterocycles. The van der Waals surface area contributed by atoms with Gasteiger partial charge in [-0.3, -0.25) is 0 Å². The van der Waals surface area contributed by atoms with Crippen molar-refractivity contribution < 1.29 is 14.3 Å². The molecule has 0 amide bonds. The summed E-state index contributed by atoms with van der Waals surface area (Å²) in [5.41, 5.74) is 0.349. The molecule has 3 nitrogen and oxygen atoms in total. The molecule has 1 aliphatic rings. The van der Waals surface area contributed by atoms with Crippen LogP contribution in [0.3, 0.4) is 0 Å². The van der Waals surface area contributed by atoms with Crippen molar-refractivity contribution in [3.05, 3.63) is 21.4 Å². The Morgan fingerprint density at radius 2 is 1.79 bits per heavy atom. The zero-order valence-corrected chi connectivity index (χ0v) is 13.5. The molecule has 0 bridgehead atoms. The molecule has 0 atom stereocenters. The fourth-order valence-corrected chi connectivity index (χ4v) is 3.87. The van der Waals surface area contributed by atoms with Gasteiger partial charge >= 0.3 is 5.97 Å². The lowest BCUT2D eigenvalue weighted by atomic mass is 9.94. The predicted molar refractivity (Wildman–Crippen MR) is 76.6 cm³/mol. The standard InChI is InChI=1S/C15H22O3S/c1-13(2,3)17-12(16)9-8-19-11-10(9)14(4,5)18-15(11,6)7/h8H,1-7H3. The maximum atomic E-state index is 12.3. The van der Waals surface area contributed by atoms with Gasteiger partial charge in [0.15, 0.2) is 0 Å². The molecule has 0 N–H and O–H groups in total. The van der Waals surface area contributed by atoms with Crippen LogP contribution in [-0.4, -0.2) is 11.6 Å². The van der Waals surface area contributed by atoms with Crippen LogP contribution in [0.1, 0.15) is 69.3 Å². The summed E-state index contributed by atoms with van der Waals surface area (Å²) in [6, 6.07) is 0. The van der Waals surface area contributed by atoms with Crippen molar-refractivity contribution in [3.8, 4) is 0 Å². The van der Waals surface area contributed by atoms with Crippen molar-refractivity contribution in [1.82, 2.24) is 0 Å². The maximum Gasteiger partial charge on any atom is 0.339 e. The Morgan fingerprint density at radius 3 is 2.32 bits per heavy atom. The summed E-state index contributed by atoms with van der Waals surface area (Å²) < 4.78 is 11.6. The van der Waals surface area contributed by atoms with E-state index in [9.17, 15) is 4.79 Å². The first-order valence-electron chi connectivity index (χ1n) is 6.50. The highest BCUT2D eigenvalue weighted by Gasteiger charge is 2.47. The Bertz CT molecular complexity index is 518. The molecule has 1 aromatic heterocycles. The van der Waals surface area contributed by atoms with Crippen LogP contribution in [0.5, 0.6) is 0 Å². The van der Waals surface area contributed by atoms with Crippen molar-refractivity contribution in [3.63, 3.8) is 0 Å². The van der Waals surface area contributed by atoms with E-state index in [0.717, 1.165) is 10.4 Å². The lowest BCUT2D eigenvalue weighted by Crippen LogP contribution is -2.27. The Kier molecular flexibility index (Phi) is 3.11. The van der Waals surface area contributed by atoms with Gasteiger partial charge in [-0.25, -0.2) is 4.79 Å². The van der Waals surface area contributed by atoms with Crippen LogP contribution in [0.25, 0.3) is 0 Å². The van der Waals surface area contributed by atoms with Gasteiger partial charge in [0.25, 0.3) is 0 Å². The molecule has 0 spiro atoms. The Hall–Kier alpha value is -0.870. The fourth-order valence-electron chi connectivity index (χ4n) is 2.62. The Morgan fingerprint density at radius 1 is 1.21 bits per heavy atom. The van der Waals surface area contributed by atoms with Crippen molar-refractivity contribution in [2.24, 2.45) is 0 Å². The number of fused-ring (bicyclic) bond motifs is 1. The molecule has 4 heteroatoms. The summed E-state index contributed by atoms with van der Waals surface area (Å²) in [5, 5.41) is 1.89. The minimum Gasteiger partial charge on any atom is -0.456 e. The van der Waals surface area contributed by atoms with Crippen LogP contribution in [0.15, 0.2) is 5.38 Å². The van der Waals surface area contributed by atoms with E-state index in [2.05, 4.69) is 0 Å². The molecule has 1 aliphatic heterocycles. The molecule has 0 fully saturated rings. The van der Waals surface area contributed by atoms with Crippen LogP contribution < -0.4 is 0 Å². The van der Waals surface area contributed by atoms with Crippen LogP contribution in [0.2, 0.25) is 0 Å². The molecule has 0 aromatic carbocycles. The third kappa shape index (κ3) is 2.56. The summed E-state index contributed by atoms with van der Waals surface area (Å²) in [4.78, 5) is 13.4. The van der Waals surface area contributed by atoms with Crippen LogP contribution in [-0.2, 0) is 20.7 Å². The normalized spacial score (nSPS) is 20.2. The van der Waals surface area contributed by atoms with Gasteiger partial charge < -0.3 is 9.47 Å². The molecule has 0 saturated carbocycles. The highest BCUT2D eigenvalue weighted by molar-refractivity contribution is 7.10. The smallest absolute Gasteiger partial charge is 0.339 e. The summed E-state index contributed by atoms with van der Waals surface area (Å²) >= 11 is 1.58. The van der Waals surface area contributed by atoms with Gasteiger partial charge in [0.2, 0.25) is 0 Å². The minimum atomic E-state index is -0.481. The largest absolute Gasteiger partial charge is 0.456 e. The van der Waals surface area contributed by atoms with E-state index >= 15 is 0 Å². The number of esters is 1. The molecule has 0 aliphatic carbocycles. The second-order valence-corrected chi connectivity index (χ2v) is 7.86. The molecule has 0 radical (unpaired) electrons. The first kappa shape index (κ1) is 14.5. The monoisotopic (exact) mass is 282 g/mol. The van der Waals surface area contributed by atoms with Gasteiger partial charge in [-0.05, 0) is 48.5 Å². The summed E-state index contributed by atoms with van der Waals surface area (Å²) in [6.45, 7) is 13.7. The van der Waals surface area contributed by atoms with E-state index in [1.165, 1.54) is 0 Å². The number of carbonyl (C=O) groups excluding carboxylic acids is 1. The lowest BCUT2D eigenvalue weighted by molar-refractivity contribution is -0.104. The van der Waals surface area contributed by atoms with Crippen LogP contribution in [0.4, 0.5) is 0 Å². The number of rotatable bonds is 1. The van der Waals surface area contributed by atoms with Gasteiger partial charge in [-0.2, -0.15) is 0 Å². The van der Waals surface area contributed by atoms with Crippen molar-refractivity contribution >= 4 is 17.3 Å². The van der Waals surface area contributed by atoms with Crippen molar-refractivity contribution in [1.29, 1.82) is 0 Å². The minimum absolute atomic E-state index is 0.264. The first-order chi connectivity index (χ1) is 8.44. The van der Waals surface area contributed by atoms with Crippen molar-refractivity contribution in [2.75, 3.05) is 0 Å². The van der Waals surface area contributed by atoms with E-state index < -0.39 is 11.2 Å². The molecule has 1 aromatic rings. The Balaban J connectivity index is 2.45. The van der Waals surface area contributed by atoms with Gasteiger partial charge in [-0.1, -0.05) is 0 Å². The van der Waals surface area contributed by atoms with E-state index in [0.29, 0.717) is 5.56 Å². The van der Waals surface area contributed by atoms with Crippen LogP contribution in [0, 0.1) is 0 Å². The quantitative estimate of drug-likeness (QED) is 0.724. The maximum absolute atomic E-state index is 12.3. The summed E-state index contributed by atoms with van der Waals surface area (Å²) in [5.74, 6) is -0.264. The molecular weight excluding hydrogens is 260 g/mol. The first-order valence-corrected chi connectivity index (χ1v) is 7.38. The third-order valence-corrected chi connectivity index (χ3v) is 4.35. The summed E-state index contributed by atoms with van der Waals surface area (Å²) in [7, 11) is 0. The molecule has 106 valence electrons. The zero-order valence-electron chi connectivity index (χ0n) is 12.7. The predicted octanol–water partition coefficient (Wildman–Crippen LogP) is 4.20. The SMILES string of the molecule is CC(C)(C)OC(=O)c1csc2c1C(C)(C)OC2(C)C. The van der Waals surface area contributed by atoms with Crippen LogP contribution >= 0.6 is 11.3 Å². The average molecular weight is 282 g/mol. The number of hydrogen-bond acceptors (Lipinski definition) is 4. The number of ether oxygens (including phenoxy) is 2. The van der Waals surface area contributed by atoms with Crippen molar-refractivity contribution in [2.45, 2.75) is 65.3 Å². The zero-order chi connectivity index (χ0) is 14.6. The topological polar surface area (TPSA) is 35.5 Å². The molecular formula is C15H22O3S. The number of thiophene rings is 1. The molecule has 0 unspecified atom stereocenters. The fraction of sp³-hybridized carbons (Fsp3) is 0.667. The van der Waals surface area contributed by atoms with E-state index in [1.54, 1.807) is 11.3 Å². The highest BCUT2D eigenvalue weighted by Crippen LogP contribution is 2.51. The highest BCUT2D eigenvalue weighted by atomic mass is 32.1.